The Hall–Kier alpha value is -1.03. The molecule has 0 aliphatic rings. The van der Waals surface area contributed by atoms with E-state index in [1.54, 1.807) is 4.68 Å². The van der Waals surface area contributed by atoms with Crippen molar-refractivity contribution in [2.45, 2.75) is 13.8 Å². The van der Waals surface area contributed by atoms with Crippen LogP contribution in [0.4, 0.5) is 0 Å². The molecule has 1 N–H and O–H groups in total. The van der Waals surface area contributed by atoms with Crippen molar-refractivity contribution < 1.29 is 4.74 Å². The molecule has 0 saturated carbocycles. The highest BCUT2D eigenvalue weighted by atomic mass is 16.5. The molecule has 0 radical (unpaired) electrons. The third kappa shape index (κ3) is 3.06. The molecule has 4 heteroatoms. The molecule has 0 unspecified atom stereocenters. The van der Waals surface area contributed by atoms with Crippen LogP contribution in [0, 0.1) is 6.92 Å². The van der Waals surface area contributed by atoms with Crippen molar-refractivity contribution in [3.8, 4) is 5.88 Å². The van der Waals surface area contributed by atoms with Gasteiger partial charge in [0.2, 0.25) is 5.88 Å². The largest absolute Gasteiger partial charge is 0.476 e. The average molecular weight is 183 g/mol. The Balaban J connectivity index is 2.32. The molecule has 0 fully saturated rings. The fourth-order valence-corrected chi connectivity index (χ4v) is 1.13. The molecule has 74 valence electrons. The number of likely N-dealkylation sites (N-methyl/N-ethyl adjacent to an activating group) is 1. The van der Waals surface area contributed by atoms with Crippen LogP contribution in [0.3, 0.4) is 0 Å². The number of nitrogens with one attached hydrogen (secondary N) is 1. The van der Waals surface area contributed by atoms with Crippen molar-refractivity contribution in [2.24, 2.45) is 7.05 Å². The van der Waals surface area contributed by atoms with E-state index in [4.69, 9.17) is 4.74 Å². The van der Waals surface area contributed by atoms with Gasteiger partial charge < -0.3 is 10.1 Å². The fraction of sp³-hybridized carbons (Fsp3) is 0.667. The van der Waals surface area contributed by atoms with Crippen LogP contribution in [-0.4, -0.2) is 29.5 Å². The minimum absolute atomic E-state index is 0.687. The van der Waals surface area contributed by atoms with E-state index in [1.165, 1.54) is 0 Å². The van der Waals surface area contributed by atoms with Crippen LogP contribution in [0.15, 0.2) is 6.07 Å². The van der Waals surface area contributed by atoms with Gasteiger partial charge in [0.05, 0.1) is 5.69 Å². The third-order valence-electron chi connectivity index (χ3n) is 1.74. The Morgan fingerprint density at radius 1 is 1.62 bits per heavy atom. The summed E-state index contributed by atoms with van der Waals surface area (Å²) in [6.45, 7) is 6.58. The van der Waals surface area contributed by atoms with Crippen molar-refractivity contribution in [3.63, 3.8) is 0 Å². The highest BCUT2D eigenvalue weighted by molar-refractivity contribution is 5.14. The predicted molar refractivity (Wildman–Crippen MR) is 52.0 cm³/mol. The Labute approximate surface area is 78.9 Å². The van der Waals surface area contributed by atoms with E-state index in [2.05, 4.69) is 17.3 Å². The number of rotatable bonds is 5. The minimum Gasteiger partial charge on any atom is -0.476 e. The van der Waals surface area contributed by atoms with Crippen LogP contribution in [0.2, 0.25) is 0 Å². The fourth-order valence-electron chi connectivity index (χ4n) is 1.13. The first-order chi connectivity index (χ1) is 6.24. The molecule has 0 aromatic carbocycles. The Bertz CT molecular complexity index is 257. The molecule has 1 heterocycles. The molecule has 1 aromatic heterocycles. The highest BCUT2D eigenvalue weighted by Crippen LogP contribution is 2.10. The van der Waals surface area contributed by atoms with Crippen molar-refractivity contribution in [3.05, 3.63) is 11.8 Å². The molecule has 0 aliphatic heterocycles. The van der Waals surface area contributed by atoms with Crippen molar-refractivity contribution in [1.29, 1.82) is 0 Å². The normalized spacial score (nSPS) is 10.4. The maximum Gasteiger partial charge on any atom is 0.211 e. The number of hydrogen-bond donors (Lipinski definition) is 1. The van der Waals surface area contributed by atoms with E-state index in [1.807, 2.05) is 20.0 Å². The molecular weight excluding hydrogens is 166 g/mol. The van der Waals surface area contributed by atoms with Gasteiger partial charge in [-0.05, 0) is 13.5 Å². The second-order valence-corrected chi connectivity index (χ2v) is 2.95. The highest BCUT2D eigenvalue weighted by Gasteiger charge is 2.01. The maximum absolute atomic E-state index is 5.50. The van der Waals surface area contributed by atoms with Crippen LogP contribution >= 0.6 is 0 Å². The summed E-state index contributed by atoms with van der Waals surface area (Å²) in [5, 5.41) is 7.37. The van der Waals surface area contributed by atoms with Gasteiger partial charge in [-0.25, -0.2) is 4.68 Å². The predicted octanol–water partition coefficient (Wildman–Crippen LogP) is 0.717. The number of ether oxygens (including phenoxy) is 1. The van der Waals surface area contributed by atoms with Gasteiger partial charge in [0.25, 0.3) is 0 Å². The van der Waals surface area contributed by atoms with Crippen LogP contribution in [0.25, 0.3) is 0 Å². The van der Waals surface area contributed by atoms with E-state index in [9.17, 15) is 0 Å². The van der Waals surface area contributed by atoms with E-state index >= 15 is 0 Å². The molecular formula is C9H17N3O. The summed E-state index contributed by atoms with van der Waals surface area (Å²) < 4.78 is 7.25. The molecule has 0 spiro atoms. The summed E-state index contributed by atoms with van der Waals surface area (Å²) in [5.74, 6) is 0.829. The molecule has 0 aliphatic carbocycles. The smallest absolute Gasteiger partial charge is 0.211 e. The summed E-state index contributed by atoms with van der Waals surface area (Å²) in [6, 6.07) is 1.94. The summed E-state index contributed by atoms with van der Waals surface area (Å²) in [7, 11) is 1.88. The van der Waals surface area contributed by atoms with Gasteiger partial charge in [0, 0.05) is 19.7 Å². The maximum atomic E-state index is 5.50. The lowest BCUT2D eigenvalue weighted by molar-refractivity contribution is 0.289. The topological polar surface area (TPSA) is 39.1 Å². The van der Waals surface area contributed by atoms with Crippen LogP contribution in [-0.2, 0) is 7.05 Å². The molecule has 13 heavy (non-hydrogen) atoms. The van der Waals surface area contributed by atoms with E-state index in [0.717, 1.165) is 24.7 Å². The lowest BCUT2D eigenvalue weighted by atomic mass is 10.5. The standard InChI is InChI=1S/C9H17N3O/c1-4-10-5-6-13-9-7-8(2)11-12(9)3/h7,10H,4-6H2,1-3H3. The zero-order valence-electron chi connectivity index (χ0n) is 8.50. The van der Waals surface area contributed by atoms with Gasteiger partial charge in [-0.2, -0.15) is 5.10 Å². The Morgan fingerprint density at radius 2 is 2.38 bits per heavy atom. The van der Waals surface area contributed by atoms with Gasteiger partial charge >= 0.3 is 0 Å². The van der Waals surface area contributed by atoms with Crippen LogP contribution < -0.4 is 10.1 Å². The third-order valence-corrected chi connectivity index (χ3v) is 1.74. The lowest BCUT2D eigenvalue weighted by Gasteiger charge is -2.05. The Morgan fingerprint density at radius 3 is 2.92 bits per heavy atom. The molecule has 1 aromatic rings. The van der Waals surface area contributed by atoms with Crippen molar-refractivity contribution >= 4 is 0 Å². The summed E-state index contributed by atoms with van der Waals surface area (Å²) in [6.07, 6.45) is 0. The lowest BCUT2D eigenvalue weighted by Crippen LogP contribution is -2.20. The molecule has 0 saturated heterocycles. The summed E-state index contributed by atoms with van der Waals surface area (Å²) in [5.41, 5.74) is 0.987. The first-order valence-corrected chi connectivity index (χ1v) is 4.58. The minimum atomic E-state index is 0.687. The SMILES string of the molecule is CCNCCOc1cc(C)nn1C. The van der Waals surface area contributed by atoms with Gasteiger partial charge in [-0.3, -0.25) is 0 Å². The van der Waals surface area contributed by atoms with E-state index < -0.39 is 0 Å². The van der Waals surface area contributed by atoms with Gasteiger partial charge in [-0.1, -0.05) is 6.92 Å². The quantitative estimate of drug-likeness (QED) is 0.684. The number of aromatic nitrogens is 2. The second kappa shape index (κ2) is 4.87. The van der Waals surface area contributed by atoms with E-state index in [-0.39, 0.29) is 0 Å². The summed E-state index contributed by atoms with van der Waals surface area (Å²) >= 11 is 0. The summed E-state index contributed by atoms with van der Waals surface area (Å²) in [4.78, 5) is 0. The zero-order valence-corrected chi connectivity index (χ0v) is 8.50. The van der Waals surface area contributed by atoms with Gasteiger partial charge in [0.15, 0.2) is 0 Å². The zero-order chi connectivity index (χ0) is 9.68. The monoisotopic (exact) mass is 183 g/mol. The average Bonchev–Trinajstić information content (AvgIpc) is 2.39. The molecule has 0 amide bonds. The molecule has 4 nitrogen and oxygen atoms in total. The van der Waals surface area contributed by atoms with Gasteiger partial charge in [-0.15, -0.1) is 0 Å². The van der Waals surface area contributed by atoms with Crippen LogP contribution in [0.1, 0.15) is 12.6 Å². The van der Waals surface area contributed by atoms with E-state index in [0.29, 0.717) is 6.61 Å². The first-order valence-electron chi connectivity index (χ1n) is 4.58. The second-order valence-electron chi connectivity index (χ2n) is 2.95. The Kier molecular flexibility index (Phi) is 3.76. The van der Waals surface area contributed by atoms with Crippen molar-refractivity contribution in [1.82, 2.24) is 15.1 Å². The number of aryl methyl sites for hydroxylation is 2. The number of hydrogen-bond acceptors (Lipinski definition) is 3. The van der Waals surface area contributed by atoms with Crippen LogP contribution in [0.5, 0.6) is 5.88 Å². The molecule has 0 bridgehead atoms. The van der Waals surface area contributed by atoms with Crippen molar-refractivity contribution in [2.75, 3.05) is 19.7 Å². The first kappa shape index (κ1) is 10.1. The number of nitrogens with zero attached hydrogens (tertiary/aromatic N) is 2. The van der Waals surface area contributed by atoms with Gasteiger partial charge in [0.1, 0.15) is 6.61 Å². The molecule has 0 atom stereocenters. The molecule has 1 rings (SSSR count).